The summed E-state index contributed by atoms with van der Waals surface area (Å²) >= 11 is 0. The number of allylic oxidation sites excluding steroid dienone is 2. The summed E-state index contributed by atoms with van der Waals surface area (Å²) in [4.78, 5) is -0.193. The minimum absolute atomic E-state index is 0.0389. The van der Waals surface area contributed by atoms with E-state index < -0.39 is 14.9 Å². The second-order valence-electron chi connectivity index (χ2n) is 3.79. The Morgan fingerprint density at radius 3 is 2.78 bits per heavy atom. The average molecular weight is 288 g/mol. The number of hydrogen-bond acceptors (Lipinski definition) is 2. The van der Waals surface area contributed by atoms with E-state index in [0.29, 0.717) is 12.1 Å². The molecule has 0 saturated heterocycles. The van der Waals surface area contributed by atoms with Crippen LogP contribution in [0, 0.1) is 5.82 Å². The third-order valence-corrected chi connectivity index (χ3v) is 3.95. The van der Waals surface area contributed by atoms with Gasteiger partial charge in [-0.05, 0) is 19.1 Å². The summed E-state index contributed by atoms with van der Waals surface area (Å²) in [6.45, 7) is 2.31. The second-order valence-corrected chi connectivity index (χ2v) is 6.32. The van der Waals surface area contributed by atoms with Crippen molar-refractivity contribution in [3.63, 3.8) is 0 Å². The standard InChI is InChI=1S/C12H11ClFNO2S/c1-2-3-7-15-8-11(18(13,16)17)12-9(14)5-4-6-10(12)15/h2-6,8H,7H2,1H3/b3-2+. The normalized spacial score (nSPS) is 12.6. The van der Waals surface area contributed by atoms with E-state index in [4.69, 9.17) is 10.7 Å². The fourth-order valence-corrected chi connectivity index (χ4v) is 2.88. The molecule has 0 saturated carbocycles. The van der Waals surface area contributed by atoms with Gasteiger partial charge in [0.15, 0.2) is 0 Å². The highest BCUT2D eigenvalue weighted by Crippen LogP contribution is 2.30. The molecule has 1 aromatic heterocycles. The first kappa shape index (κ1) is 13.1. The van der Waals surface area contributed by atoms with E-state index in [-0.39, 0.29) is 10.3 Å². The predicted molar refractivity (Wildman–Crippen MR) is 69.7 cm³/mol. The molecule has 0 atom stereocenters. The first-order valence-electron chi connectivity index (χ1n) is 5.28. The van der Waals surface area contributed by atoms with Crippen LogP contribution in [0.3, 0.4) is 0 Å². The number of fused-ring (bicyclic) bond motifs is 1. The van der Waals surface area contributed by atoms with Crippen molar-refractivity contribution >= 4 is 30.6 Å². The topological polar surface area (TPSA) is 39.1 Å². The third kappa shape index (κ3) is 2.28. The van der Waals surface area contributed by atoms with Crippen LogP contribution in [0.1, 0.15) is 6.92 Å². The van der Waals surface area contributed by atoms with Crippen LogP contribution in [-0.4, -0.2) is 13.0 Å². The summed E-state index contributed by atoms with van der Waals surface area (Å²) in [7, 11) is 1.36. The van der Waals surface area contributed by atoms with E-state index in [1.54, 1.807) is 10.6 Å². The lowest BCUT2D eigenvalue weighted by atomic mass is 10.2. The number of hydrogen-bond donors (Lipinski definition) is 0. The molecule has 0 bridgehead atoms. The first-order valence-corrected chi connectivity index (χ1v) is 7.59. The van der Waals surface area contributed by atoms with E-state index in [0.717, 1.165) is 0 Å². The highest BCUT2D eigenvalue weighted by Gasteiger charge is 2.21. The van der Waals surface area contributed by atoms with Crippen molar-refractivity contribution in [2.75, 3.05) is 0 Å². The summed E-state index contributed by atoms with van der Waals surface area (Å²) in [5.74, 6) is -0.592. The Balaban J connectivity index is 2.80. The van der Waals surface area contributed by atoms with E-state index in [1.165, 1.54) is 18.3 Å². The van der Waals surface area contributed by atoms with Crippen LogP contribution in [0.2, 0.25) is 0 Å². The molecule has 0 unspecified atom stereocenters. The van der Waals surface area contributed by atoms with Gasteiger partial charge in [0.1, 0.15) is 10.7 Å². The van der Waals surface area contributed by atoms with Gasteiger partial charge < -0.3 is 4.57 Å². The highest BCUT2D eigenvalue weighted by atomic mass is 35.7. The first-order chi connectivity index (χ1) is 8.45. The van der Waals surface area contributed by atoms with Gasteiger partial charge in [-0.1, -0.05) is 18.2 Å². The number of rotatable bonds is 3. The van der Waals surface area contributed by atoms with Crippen molar-refractivity contribution in [2.45, 2.75) is 18.4 Å². The molecule has 0 aliphatic heterocycles. The van der Waals surface area contributed by atoms with Crippen LogP contribution < -0.4 is 0 Å². The van der Waals surface area contributed by atoms with Crippen molar-refractivity contribution in [1.82, 2.24) is 4.57 Å². The molecule has 0 radical (unpaired) electrons. The minimum atomic E-state index is -3.97. The molecule has 6 heteroatoms. The maximum atomic E-state index is 13.8. The molecule has 0 aliphatic carbocycles. The number of halogens is 2. The summed E-state index contributed by atoms with van der Waals surface area (Å²) in [6.07, 6.45) is 5.03. The van der Waals surface area contributed by atoms with Crippen LogP contribution in [0.25, 0.3) is 10.9 Å². The Morgan fingerprint density at radius 1 is 1.44 bits per heavy atom. The van der Waals surface area contributed by atoms with Gasteiger partial charge in [-0.2, -0.15) is 0 Å². The third-order valence-electron chi connectivity index (χ3n) is 2.62. The smallest absolute Gasteiger partial charge is 0.263 e. The Kier molecular flexibility index (Phi) is 3.45. The molecule has 1 heterocycles. The van der Waals surface area contributed by atoms with Crippen LogP contribution in [-0.2, 0) is 15.6 Å². The van der Waals surface area contributed by atoms with Gasteiger partial charge in [0, 0.05) is 23.4 Å². The largest absolute Gasteiger partial charge is 0.342 e. The zero-order chi connectivity index (χ0) is 13.3. The number of nitrogens with zero attached hydrogens (tertiary/aromatic N) is 1. The molecule has 0 fully saturated rings. The van der Waals surface area contributed by atoms with Gasteiger partial charge in [-0.15, -0.1) is 0 Å². The van der Waals surface area contributed by atoms with Crippen LogP contribution in [0.15, 0.2) is 41.4 Å². The Bertz CT molecular complexity index is 719. The molecular formula is C12H11ClFNO2S. The minimum Gasteiger partial charge on any atom is -0.342 e. The SMILES string of the molecule is C/C=C/Cn1cc(S(=O)(=O)Cl)c2c(F)cccc21. The van der Waals surface area contributed by atoms with Crippen molar-refractivity contribution in [3.8, 4) is 0 Å². The quantitative estimate of drug-likeness (QED) is 0.642. The van der Waals surface area contributed by atoms with E-state index in [1.807, 2.05) is 19.1 Å². The fourth-order valence-electron chi connectivity index (χ4n) is 1.83. The second kappa shape index (κ2) is 4.74. The van der Waals surface area contributed by atoms with Crippen molar-refractivity contribution in [1.29, 1.82) is 0 Å². The molecule has 0 amide bonds. The lowest BCUT2D eigenvalue weighted by Crippen LogP contribution is -1.92. The molecule has 0 aliphatic rings. The molecule has 96 valence electrons. The zero-order valence-corrected chi connectivity index (χ0v) is 11.2. The van der Waals surface area contributed by atoms with Crippen molar-refractivity contribution < 1.29 is 12.8 Å². The molecule has 3 nitrogen and oxygen atoms in total. The summed E-state index contributed by atoms with van der Waals surface area (Å²) in [5.41, 5.74) is 0.507. The zero-order valence-electron chi connectivity index (χ0n) is 9.60. The van der Waals surface area contributed by atoms with E-state index in [9.17, 15) is 12.8 Å². The van der Waals surface area contributed by atoms with E-state index in [2.05, 4.69) is 0 Å². The summed E-state index contributed by atoms with van der Waals surface area (Å²) in [5, 5.41) is 0.0389. The van der Waals surface area contributed by atoms with Crippen molar-refractivity contribution in [2.24, 2.45) is 0 Å². The lowest BCUT2D eigenvalue weighted by molar-refractivity contribution is 0.607. The van der Waals surface area contributed by atoms with E-state index >= 15 is 0 Å². The van der Waals surface area contributed by atoms with Gasteiger partial charge >= 0.3 is 0 Å². The fraction of sp³-hybridized carbons (Fsp3) is 0.167. The van der Waals surface area contributed by atoms with Crippen LogP contribution >= 0.6 is 10.7 Å². The van der Waals surface area contributed by atoms with Crippen LogP contribution in [0.4, 0.5) is 4.39 Å². The molecular weight excluding hydrogens is 277 g/mol. The predicted octanol–water partition coefficient (Wildman–Crippen LogP) is 3.28. The van der Waals surface area contributed by atoms with Gasteiger partial charge in [0.05, 0.1) is 10.9 Å². The molecule has 0 N–H and O–H groups in total. The van der Waals surface area contributed by atoms with Gasteiger partial charge in [0.2, 0.25) is 0 Å². The molecule has 1 aromatic carbocycles. The van der Waals surface area contributed by atoms with Crippen molar-refractivity contribution in [3.05, 3.63) is 42.4 Å². The lowest BCUT2D eigenvalue weighted by Gasteiger charge is -2.00. The van der Waals surface area contributed by atoms with Gasteiger partial charge in [-0.25, -0.2) is 12.8 Å². The molecule has 0 spiro atoms. The van der Waals surface area contributed by atoms with Crippen LogP contribution in [0.5, 0.6) is 0 Å². The Morgan fingerprint density at radius 2 is 2.17 bits per heavy atom. The average Bonchev–Trinajstić information content (AvgIpc) is 2.66. The molecule has 2 rings (SSSR count). The number of benzene rings is 1. The summed E-state index contributed by atoms with van der Waals surface area (Å²) in [6, 6.07) is 4.41. The maximum Gasteiger partial charge on any atom is 0.263 e. The summed E-state index contributed by atoms with van der Waals surface area (Å²) < 4.78 is 38.3. The molecule has 2 aromatic rings. The molecule has 18 heavy (non-hydrogen) atoms. The maximum absolute atomic E-state index is 13.8. The van der Waals surface area contributed by atoms with Gasteiger partial charge in [0.25, 0.3) is 9.05 Å². The monoisotopic (exact) mass is 287 g/mol. The Hall–Kier alpha value is -1.33. The Labute approximate surface area is 109 Å². The van der Waals surface area contributed by atoms with Gasteiger partial charge in [-0.3, -0.25) is 0 Å². The number of aromatic nitrogens is 1. The highest BCUT2D eigenvalue weighted by molar-refractivity contribution is 8.14.